The summed E-state index contributed by atoms with van der Waals surface area (Å²) in [5.41, 5.74) is 1.60. The van der Waals surface area contributed by atoms with Crippen LogP contribution in [0.3, 0.4) is 0 Å². The van der Waals surface area contributed by atoms with Crippen molar-refractivity contribution in [3.63, 3.8) is 0 Å². The average Bonchev–Trinajstić information content (AvgIpc) is 3.33. The second-order valence-corrected chi connectivity index (χ2v) is 8.73. The number of hydrogen-bond donors (Lipinski definition) is 2. The van der Waals surface area contributed by atoms with Crippen molar-refractivity contribution >= 4 is 34.9 Å². The van der Waals surface area contributed by atoms with E-state index in [0.717, 1.165) is 17.3 Å². The minimum Gasteiger partial charge on any atom is -0.387 e. The Labute approximate surface area is 180 Å². The lowest BCUT2D eigenvalue weighted by Crippen LogP contribution is -3.00. The topological polar surface area (TPSA) is 98.2 Å². The van der Waals surface area contributed by atoms with Crippen LogP contribution in [0.25, 0.3) is 10.9 Å². The number of nitrogens with zero attached hydrogens (tertiary/aromatic N) is 5. The minimum absolute atomic E-state index is 0.115. The number of benzene rings is 1. The third kappa shape index (κ3) is 2.17. The molecule has 2 N–H and O–H groups in total. The SMILES string of the molecule is CCCN1C=NC23O[N+](CC(C)O)(c4c[nH]c5ccccc45)[N+]2(C)C(=O)N(C)C(=O)C13. The summed E-state index contributed by atoms with van der Waals surface area (Å²) in [6, 6.07) is 6.57. The molecule has 2 fully saturated rings. The number of para-hydroxylation sites is 1. The average molecular weight is 428 g/mol. The number of aliphatic hydroxyl groups excluding tert-OH is 1. The highest BCUT2D eigenvalue weighted by atomic mass is 16.9. The number of aliphatic hydroxyl groups is 1. The highest BCUT2D eigenvalue weighted by Gasteiger charge is 2.93. The summed E-state index contributed by atoms with van der Waals surface area (Å²) in [5.74, 6) is -1.73. The van der Waals surface area contributed by atoms with E-state index in [1.165, 1.54) is 11.9 Å². The van der Waals surface area contributed by atoms with E-state index in [9.17, 15) is 14.7 Å². The quantitative estimate of drug-likeness (QED) is 0.704. The van der Waals surface area contributed by atoms with Gasteiger partial charge in [-0.3, -0.25) is 4.79 Å². The largest absolute Gasteiger partial charge is 0.480 e. The Morgan fingerprint density at radius 3 is 2.81 bits per heavy atom. The molecular formula is C21H28N6O4+2. The summed E-state index contributed by atoms with van der Waals surface area (Å²) in [6.07, 6.45) is 3.49. The molecule has 3 aliphatic rings. The van der Waals surface area contributed by atoms with Crippen LogP contribution in [0.15, 0.2) is 35.5 Å². The Morgan fingerprint density at radius 2 is 2.10 bits per heavy atom. The molecule has 1 aromatic heterocycles. The van der Waals surface area contributed by atoms with Crippen molar-refractivity contribution in [2.75, 3.05) is 27.2 Å². The first kappa shape index (κ1) is 20.1. The number of nitrogens with one attached hydrogen (secondary N) is 1. The van der Waals surface area contributed by atoms with Gasteiger partial charge in [-0.1, -0.05) is 19.1 Å². The van der Waals surface area contributed by atoms with Gasteiger partial charge in [0, 0.05) is 18.3 Å². The maximum atomic E-state index is 13.7. The molecule has 1 spiro atoms. The molecule has 4 heterocycles. The second kappa shape index (κ2) is 6.36. The molecule has 3 amide bonds. The fourth-order valence-electron chi connectivity index (χ4n) is 5.38. The molecule has 31 heavy (non-hydrogen) atoms. The summed E-state index contributed by atoms with van der Waals surface area (Å²) in [5, 5.41) is 11.3. The first-order valence-electron chi connectivity index (χ1n) is 10.6. The third-order valence-corrected chi connectivity index (χ3v) is 6.80. The van der Waals surface area contributed by atoms with E-state index in [2.05, 4.69) is 9.98 Å². The predicted molar refractivity (Wildman–Crippen MR) is 114 cm³/mol. The number of quaternary nitrogens is 2. The molecular weight excluding hydrogens is 400 g/mol. The van der Waals surface area contributed by atoms with Crippen molar-refractivity contribution in [1.82, 2.24) is 19.5 Å². The Balaban J connectivity index is 1.74. The van der Waals surface area contributed by atoms with Crippen LogP contribution in [-0.4, -0.2) is 87.9 Å². The van der Waals surface area contributed by atoms with Crippen molar-refractivity contribution in [3.8, 4) is 0 Å². The Morgan fingerprint density at radius 1 is 1.35 bits per heavy atom. The monoisotopic (exact) mass is 428 g/mol. The Kier molecular flexibility index (Phi) is 4.13. The van der Waals surface area contributed by atoms with Gasteiger partial charge in [0.2, 0.25) is 11.7 Å². The number of rotatable bonds is 5. The summed E-state index contributed by atoms with van der Waals surface area (Å²) in [6.45, 7) is 4.42. The van der Waals surface area contributed by atoms with Crippen LogP contribution in [0.5, 0.6) is 0 Å². The standard InChI is InChI=1S/C21H28N6O4/c1-5-10-25-13-23-21-18(25)19(29)24(3)20(30)26(21,4)27(31-21,12-14(2)28)17-11-22-16-9-7-6-8-15(16)17/h6-9,11,13-14,18,22,28H,5,10,12H2,1-4H3/q+2. The number of aliphatic imine (C=N–C) groups is 1. The number of hydrogen-bond acceptors (Lipinski definition) is 6. The van der Waals surface area contributed by atoms with Gasteiger partial charge in [0.1, 0.15) is 13.2 Å². The molecule has 164 valence electrons. The van der Waals surface area contributed by atoms with Gasteiger partial charge in [-0.25, -0.2) is 9.69 Å². The number of hydroxylamine groups is 1. The molecule has 0 radical (unpaired) electrons. The number of amides is 3. The molecule has 10 nitrogen and oxygen atoms in total. The molecule has 10 heteroatoms. The molecule has 0 bridgehead atoms. The van der Waals surface area contributed by atoms with Gasteiger partial charge < -0.3 is 15.0 Å². The summed E-state index contributed by atoms with van der Waals surface area (Å²) in [4.78, 5) is 44.4. The number of aromatic amines is 1. The smallest absolute Gasteiger partial charge is 0.387 e. The van der Waals surface area contributed by atoms with Crippen molar-refractivity contribution < 1.29 is 24.1 Å². The van der Waals surface area contributed by atoms with E-state index in [1.54, 1.807) is 20.3 Å². The fourth-order valence-corrected chi connectivity index (χ4v) is 5.38. The van der Waals surface area contributed by atoms with Gasteiger partial charge in [0.15, 0.2) is 6.54 Å². The van der Waals surface area contributed by atoms with E-state index >= 15 is 0 Å². The normalized spacial score (nSPS) is 35.3. The van der Waals surface area contributed by atoms with Crippen molar-refractivity contribution in [2.45, 2.75) is 38.3 Å². The zero-order valence-corrected chi connectivity index (χ0v) is 18.1. The molecule has 0 saturated carbocycles. The van der Waals surface area contributed by atoms with Gasteiger partial charge in [-0.05, 0) is 34.9 Å². The van der Waals surface area contributed by atoms with Crippen LogP contribution in [-0.2, 0) is 9.63 Å². The number of carbonyl (C=O) groups excluding carboxylic acids is 2. The number of H-pyrrole nitrogens is 1. The summed E-state index contributed by atoms with van der Waals surface area (Å²) < 4.78 is -0.630. The minimum atomic E-state index is -1.40. The lowest BCUT2D eigenvalue weighted by molar-refractivity contribution is -1.13. The van der Waals surface area contributed by atoms with E-state index in [0.29, 0.717) is 12.2 Å². The van der Waals surface area contributed by atoms with Gasteiger partial charge in [0.05, 0.1) is 23.4 Å². The number of likely N-dealkylation sites (N-methyl/N-ethyl adjacent to an activating group) is 2. The highest BCUT2D eigenvalue weighted by Crippen LogP contribution is 2.58. The zero-order valence-electron chi connectivity index (χ0n) is 18.1. The van der Waals surface area contributed by atoms with Gasteiger partial charge in [0.25, 0.3) is 5.91 Å². The van der Waals surface area contributed by atoms with Crippen molar-refractivity contribution in [2.24, 2.45) is 4.99 Å². The molecule has 0 aliphatic carbocycles. The number of urea groups is 1. The predicted octanol–water partition coefficient (Wildman–Crippen LogP) is 1.53. The molecule has 5 unspecified atom stereocenters. The molecule has 2 aromatic rings. The van der Waals surface area contributed by atoms with Crippen molar-refractivity contribution in [3.05, 3.63) is 30.5 Å². The lowest BCUT2D eigenvalue weighted by Gasteiger charge is -2.62. The van der Waals surface area contributed by atoms with Crippen molar-refractivity contribution in [1.29, 1.82) is 0 Å². The Hall–Kier alpha value is -2.79. The molecule has 3 aliphatic heterocycles. The van der Waals surface area contributed by atoms with Crippen LogP contribution in [0.2, 0.25) is 0 Å². The van der Waals surface area contributed by atoms with E-state index < -0.39 is 24.0 Å². The van der Waals surface area contributed by atoms with Crippen LogP contribution in [0.4, 0.5) is 10.5 Å². The summed E-state index contributed by atoms with van der Waals surface area (Å²) in [7, 11) is 3.25. The van der Waals surface area contributed by atoms with E-state index in [-0.39, 0.29) is 21.8 Å². The van der Waals surface area contributed by atoms with Crippen LogP contribution >= 0.6 is 0 Å². The maximum Gasteiger partial charge on any atom is 0.480 e. The highest BCUT2D eigenvalue weighted by molar-refractivity contribution is 6.00. The van der Waals surface area contributed by atoms with E-state index in [4.69, 9.17) is 4.84 Å². The van der Waals surface area contributed by atoms with Crippen LogP contribution < -0.4 is 4.76 Å². The molecule has 2 saturated heterocycles. The number of aromatic nitrogens is 1. The second-order valence-electron chi connectivity index (χ2n) is 8.73. The van der Waals surface area contributed by atoms with Gasteiger partial charge >= 0.3 is 11.9 Å². The fraction of sp³-hybridized carbons (Fsp3) is 0.476. The zero-order chi connectivity index (χ0) is 22.2. The maximum absolute atomic E-state index is 13.7. The molecule has 5 atom stereocenters. The van der Waals surface area contributed by atoms with Crippen LogP contribution in [0.1, 0.15) is 20.3 Å². The number of carbonyl (C=O) groups is 2. The lowest BCUT2D eigenvalue weighted by atomic mass is 10.0. The first-order chi connectivity index (χ1) is 14.7. The third-order valence-electron chi connectivity index (χ3n) is 6.80. The number of imide groups is 1. The summed E-state index contributed by atoms with van der Waals surface area (Å²) >= 11 is 0. The van der Waals surface area contributed by atoms with E-state index in [1.807, 2.05) is 42.3 Å². The van der Waals surface area contributed by atoms with Gasteiger partial charge in [-0.2, -0.15) is 4.99 Å². The van der Waals surface area contributed by atoms with Gasteiger partial charge in [-0.15, -0.1) is 0 Å². The molecule has 1 aromatic carbocycles. The number of fused-ring (bicyclic) bond motifs is 1. The Bertz CT molecular complexity index is 1110. The first-order valence-corrected chi connectivity index (χ1v) is 10.6. The van der Waals surface area contributed by atoms with Crippen LogP contribution in [0, 0.1) is 0 Å². The molecule has 5 rings (SSSR count).